The molecule has 1 N–H and O–H groups in total. The second kappa shape index (κ2) is 6.04. The average Bonchev–Trinajstić information content (AvgIpc) is 2.99. The molecular weight excluding hydrogens is 282 g/mol. The molecule has 0 bridgehead atoms. The third-order valence-corrected chi connectivity index (χ3v) is 2.99. The predicted octanol–water partition coefficient (Wildman–Crippen LogP) is 1.50. The van der Waals surface area contributed by atoms with Crippen molar-refractivity contribution in [3.8, 4) is 5.75 Å². The Balaban J connectivity index is 1.67. The molecule has 0 unspecified atom stereocenters. The van der Waals surface area contributed by atoms with E-state index in [1.165, 1.54) is 0 Å². The number of fused-ring (bicyclic) bond motifs is 1. The number of amides is 1. The van der Waals surface area contributed by atoms with Crippen molar-refractivity contribution in [1.82, 2.24) is 19.8 Å². The summed E-state index contributed by atoms with van der Waals surface area (Å²) in [7, 11) is 1.60. The van der Waals surface area contributed by atoms with E-state index in [4.69, 9.17) is 4.74 Å². The zero-order valence-electron chi connectivity index (χ0n) is 11.8. The van der Waals surface area contributed by atoms with Gasteiger partial charge in [-0.25, -0.2) is 10.4 Å². The number of aromatic nitrogens is 3. The molecule has 22 heavy (non-hydrogen) atoms. The lowest BCUT2D eigenvalue weighted by atomic mass is 10.2. The van der Waals surface area contributed by atoms with Crippen LogP contribution in [0, 0.1) is 0 Å². The van der Waals surface area contributed by atoms with Crippen molar-refractivity contribution >= 4 is 17.8 Å². The van der Waals surface area contributed by atoms with Gasteiger partial charge in [-0.3, -0.25) is 9.78 Å². The molecular formula is C15H13N5O2. The SMILES string of the molecule is COc1ccc(/C=N\NC(=O)c2cn3ccncc3n2)cc1. The number of nitrogens with zero attached hydrogens (tertiary/aromatic N) is 4. The maximum absolute atomic E-state index is 12.0. The number of ether oxygens (including phenoxy) is 1. The van der Waals surface area contributed by atoms with Crippen molar-refractivity contribution in [3.05, 3.63) is 60.3 Å². The summed E-state index contributed by atoms with van der Waals surface area (Å²) in [6.07, 6.45) is 8.10. The molecule has 3 rings (SSSR count). The van der Waals surface area contributed by atoms with Gasteiger partial charge in [-0.15, -0.1) is 0 Å². The lowest BCUT2D eigenvalue weighted by Crippen LogP contribution is -2.17. The summed E-state index contributed by atoms with van der Waals surface area (Å²) in [4.78, 5) is 20.1. The Kier molecular flexibility index (Phi) is 3.78. The van der Waals surface area contributed by atoms with Gasteiger partial charge in [0, 0.05) is 18.6 Å². The molecule has 110 valence electrons. The number of methoxy groups -OCH3 is 1. The van der Waals surface area contributed by atoms with Gasteiger partial charge in [-0.05, 0) is 29.8 Å². The van der Waals surface area contributed by atoms with Crippen LogP contribution in [0.15, 0.2) is 54.2 Å². The topological polar surface area (TPSA) is 80.9 Å². The first-order valence-corrected chi connectivity index (χ1v) is 6.52. The Labute approximate surface area is 126 Å². The minimum atomic E-state index is -0.381. The zero-order chi connectivity index (χ0) is 15.4. The molecule has 3 aromatic rings. The first-order chi connectivity index (χ1) is 10.8. The maximum Gasteiger partial charge on any atom is 0.291 e. The molecule has 0 radical (unpaired) electrons. The van der Waals surface area contributed by atoms with Crippen LogP contribution >= 0.6 is 0 Å². The summed E-state index contributed by atoms with van der Waals surface area (Å²) in [6, 6.07) is 7.31. The van der Waals surface area contributed by atoms with E-state index in [1.807, 2.05) is 24.3 Å². The number of hydrogen-bond acceptors (Lipinski definition) is 5. The summed E-state index contributed by atoms with van der Waals surface area (Å²) in [5.74, 6) is 0.382. The molecule has 0 atom stereocenters. The highest BCUT2D eigenvalue weighted by Gasteiger charge is 2.09. The number of rotatable bonds is 4. The quantitative estimate of drug-likeness (QED) is 0.584. The fourth-order valence-electron chi connectivity index (χ4n) is 1.86. The Hall–Kier alpha value is -3.22. The number of imidazole rings is 1. The smallest absolute Gasteiger partial charge is 0.291 e. The third-order valence-electron chi connectivity index (χ3n) is 2.99. The van der Waals surface area contributed by atoms with E-state index in [9.17, 15) is 4.79 Å². The van der Waals surface area contributed by atoms with Crippen LogP contribution in [-0.2, 0) is 0 Å². The first-order valence-electron chi connectivity index (χ1n) is 6.52. The number of hydrogen-bond donors (Lipinski definition) is 1. The number of nitrogens with one attached hydrogen (secondary N) is 1. The van der Waals surface area contributed by atoms with E-state index in [0.29, 0.717) is 5.65 Å². The third kappa shape index (κ3) is 2.93. The van der Waals surface area contributed by atoms with E-state index in [1.54, 1.807) is 42.5 Å². The highest BCUT2D eigenvalue weighted by atomic mass is 16.5. The molecule has 0 aliphatic heterocycles. The Morgan fingerprint density at radius 1 is 1.36 bits per heavy atom. The number of carbonyl (C=O) groups is 1. The average molecular weight is 295 g/mol. The van der Waals surface area contributed by atoms with Gasteiger partial charge in [-0.1, -0.05) is 0 Å². The van der Waals surface area contributed by atoms with Gasteiger partial charge < -0.3 is 9.14 Å². The standard InChI is InChI=1S/C15H13N5O2/c1-22-12-4-2-11(3-5-12)8-17-19-15(21)13-10-20-7-6-16-9-14(20)18-13/h2-10H,1H3,(H,19,21)/b17-8-. The molecule has 1 aromatic carbocycles. The van der Waals surface area contributed by atoms with Crippen molar-refractivity contribution in [2.75, 3.05) is 7.11 Å². The van der Waals surface area contributed by atoms with Gasteiger partial charge in [0.15, 0.2) is 5.65 Å². The highest BCUT2D eigenvalue weighted by Crippen LogP contribution is 2.09. The van der Waals surface area contributed by atoms with Crippen molar-refractivity contribution in [1.29, 1.82) is 0 Å². The van der Waals surface area contributed by atoms with Crippen molar-refractivity contribution < 1.29 is 9.53 Å². The van der Waals surface area contributed by atoms with Gasteiger partial charge in [0.25, 0.3) is 5.91 Å². The van der Waals surface area contributed by atoms with E-state index in [0.717, 1.165) is 11.3 Å². The van der Waals surface area contributed by atoms with E-state index in [-0.39, 0.29) is 11.6 Å². The second-order valence-electron chi connectivity index (χ2n) is 4.44. The summed E-state index contributed by atoms with van der Waals surface area (Å²) in [6.45, 7) is 0. The number of hydrazone groups is 1. The maximum atomic E-state index is 12.0. The van der Waals surface area contributed by atoms with E-state index < -0.39 is 0 Å². The largest absolute Gasteiger partial charge is 0.497 e. The summed E-state index contributed by atoms with van der Waals surface area (Å²) >= 11 is 0. The molecule has 7 nitrogen and oxygen atoms in total. The highest BCUT2D eigenvalue weighted by molar-refractivity contribution is 5.93. The molecule has 0 saturated heterocycles. The van der Waals surface area contributed by atoms with E-state index in [2.05, 4.69) is 20.5 Å². The van der Waals surface area contributed by atoms with Crippen LogP contribution in [0.3, 0.4) is 0 Å². The molecule has 0 saturated carbocycles. The van der Waals surface area contributed by atoms with Crippen LogP contribution in [0.25, 0.3) is 5.65 Å². The van der Waals surface area contributed by atoms with Gasteiger partial charge in [0.1, 0.15) is 11.4 Å². The summed E-state index contributed by atoms with van der Waals surface area (Å²) < 4.78 is 6.79. The fraction of sp³-hybridized carbons (Fsp3) is 0.0667. The normalized spacial score (nSPS) is 11.0. The first kappa shape index (κ1) is 13.7. The molecule has 2 aromatic heterocycles. The Morgan fingerprint density at radius 3 is 2.91 bits per heavy atom. The fourth-order valence-corrected chi connectivity index (χ4v) is 1.86. The summed E-state index contributed by atoms with van der Waals surface area (Å²) in [5.41, 5.74) is 4.17. The van der Waals surface area contributed by atoms with Crippen LogP contribution < -0.4 is 10.2 Å². The van der Waals surface area contributed by atoms with Crippen LogP contribution in [0.4, 0.5) is 0 Å². The van der Waals surface area contributed by atoms with Crippen LogP contribution in [-0.4, -0.2) is 33.6 Å². The predicted molar refractivity (Wildman–Crippen MR) is 81.0 cm³/mol. The lowest BCUT2D eigenvalue weighted by molar-refractivity contribution is 0.0951. The number of carbonyl (C=O) groups excluding carboxylic acids is 1. The van der Waals surface area contributed by atoms with Crippen molar-refractivity contribution in [3.63, 3.8) is 0 Å². The van der Waals surface area contributed by atoms with Crippen LogP contribution in [0.5, 0.6) is 5.75 Å². The van der Waals surface area contributed by atoms with Crippen molar-refractivity contribution in [2.24, 2.45) is 5.10 Å². The van der Waals surface area contributed by atoms with Crippen molar-refractivity contribution in [2.45, 2.75) is 0 Å². The minimum absolute atomic E-state index is 0.278. The lowest BCUT2D eigenvalue weighted by Gasteiger charge is -1.99. The van der Waals surface area contributed by atoms with Gasteiger partial charge >= 0.3 is 0 Å². The molecule has 7 heteroatoms. The molecule has 0 spiro atoms. The van der Waals surface area contributed by atoms with Crippen LogP contribution in [0.2, 0.25) is 0 Å². The summed E-state index contributed by atoms with van der Waals surface area (Å²) in [5, 5.41) is 3.91. The molecule has 0 aliphatic rings. The van der Waals surface area contributed by atoms with Gasteiger partial charge in [0.05, 0.1) is 19.5 Å². The minimum Gasteiger partial charge on any atom is -0.497 e. The second-order valence-corrected chi connectivity index (χ2v) is 4.44. The van der Waals surface area contributed by atoms with Crippen LogP contribution in [0.1, 0.15) is 16.1 Å². The van der Waals surface area contributed by atoms with Gasteiger partial charge in [-0.2, -0.15) is 5.10 Å². The molecule has 0 aliphatic carbocycles. The van der Waals surface area contributed by atoms with E-state index >= 15 is 0 Å². The van der Waals surface area contributed by atoms with Gasteiger partial charge in [0.2, 0.25) is 0 Å². The monoisotopic (exact) mass is 295 g/mol. The molecule has 2 heterocycles. The Morgan fingerprint density at radius 2 is 2.18 bits per heavy atom. The molecule has 0 fully saturated rings. The Bertz CT molecular complexity index is 790. The zero-order valence-corrected chi connectivity index (χ0v) is 11.8. The number of benzene rings is 1. The molecule has 1 amide bonds.